The van der Waals surface area contributed by atoms with Crippen LogP contribution in [-0.2, 0) is 14.3 Å². The van der Waals surface area contributed by atoms with Crippen LogP contribution >= 0.6 is 11.6 Å². The van der Waals surface area contributed by atoms with Crippen LogP contribution in [0.5, 0.6) is 0 Å². The topological polar surface area (TPSA) is 99.1 Å². The number of rotatable bonds is 7. The molecule has 1 aliphatic heterocycles. The normalized spacial score (nSPS) is 16.5. The first-order valence-corrected chi connectivity index (χ1v) is 9.80. The third kappa shape index (κ3) is 6.87. The highest BCUT2D eigenvalue weighted by Crippen LogP contribution is 2.34. The SMILES string of the molecule is CC(C)(C)OC(=O)CC1(O)CCN(c2ccc(NCCC(=O)O)cc2Cl)CC1. The molecule has 0 radical (unpaired) electrons. The van der Waals surface area contributed by atoms with Gasteiger partial charge in [0, 0.05) is 25.3 Å². The number of ether oxygens (including phenoxy) is 1. The number of aliphatic carboxylic acids is 1. The zero-order valence-electron chi connectivity index (χ0n) is 16.6. The molecule has 0 saturated carbocycles. The van der Waals surface area contributed by atoms with Gasteiger partial charge < -0.3 is 25.2 Å². The lowest BCUT2D eigenvalue weighted by atomic mass is 9.88. The lowest BCUT2D eigenvalue weighted by molar-refractivity contribution is -0.161. The lowest BCUT2D eigenvalue weighted by Gasteiger charge is -2.39. The van der Waals surface area contributed by atoms with Gasteiger partial charge in [-0.15, -0.1) is 0 Å². The highest BCUT2D eigenvalue weighted by atomic mass is 35.5. The van der Waals surface area contributed by atoms with E-state index in [-0.39, 0.29) is 12.8 Å². The van der Waals surface area contributed by atoms with Gasteiger partial charge in [0.1, 0.15) is 5.60 Å². The number of aliphatic hydroxyl groups is 1. The van der Waals surface area contributed by atoms with Gasteiger partial charge in [-0.05, 0) is 51.8 Å². The van der Waals surface area contributed by atoms with Crippen molar-refractivity contribution in [2.45, 2.75) is 57.7 Å². The number of anilines is 2. The molecule has 0 aromatic heterocycles. The van der Waals surface area contributed by atoms with E-state index in [1.807, 2.05) is 12.1 Å². The maximum absolute atomic E-state index is 12.0. The summed E-state index contributed by atoms with van der Waals surface area (Å²) in [6, 6.07) is 5.49. The fourth-order valence-electron chi connectivity index (χ4n) is 3.17. The Kier molecular flexibility index (Phi) is 7.17. The maximum Gasteiger partial charge on any atom is 0.309 e. The molecule has 3 N–H and O–H groups in total. The average Bonchev–Trinajstić information content (AvgIpc) is 2.53. The van der Waals surface area contributed by atoms with E-state index in [9.17, 15) is 14.7 Å². The van der Waals surface area contributed by atoms with E-state index in [0.717, 1.165) is 11.4 Å². The second-order valence-electron chi connectivity index (χ2n) is 8.21. The van der Waals surface area contributed by atoms with Crippen molar-refractivity contribution in [1.82, 2.24) is 0 Å². The minimum absolute atomic E-state index is 0.0156. The van der Waals surface area contributed by atoms with Crippen LogP contribution in [0.3, 0.4) is 0 Å². The van der Waals surface area contributed by atoms with Gasteiger partial charge in [-0.25, -0.2) is 0 Å². The second-order valence-corrected chi connectivity index (χ2v) is 8.62. The monoisotopic (exact) mass is 412 g/mol. The van der Waals surface area contributed by atoms with E-state index >= 15 is 0 Å². The number of carboxylic acid groups (broad SMARTS) is 1. The molecule has 7 nitrogen and oxygen atoms in total. The number of carbonyl (C=O) groups is 2. The largest absolute Gasteiger partial charge is 0.481 e. The van der Waals surface area contributed by atoms with Crippen molar-refractivity contribution >= 4 is 34.9 Å². The number of halogens is 1. The van der Waals surface area contributed by atoms with Crippen molar-refractivity contribution in [3.63, 3.8) is 0 Å². The van der Waals surface area contributed by atoms with Crippen LogP contribution in [0.2, 0.25) is 5.02 Å². The second kappa shape index (κ2) is 9.01. The highest BCUT2D eigenvalue weighted by molar-refractivity contribution is 6.33. The van der Waals surface area contributed by atoms with E-state index in [0.29, 0.717) is 37.5 Å². The third-order valence-corrected chi connectivity index (χ3v) is 4.85. The molecule has 1 aromatic carbocycles. The molecule has 8 heteroatoms. The molecule has 28 heavy (non-hydrogen) atoms. The Balaban J connectivity index is 1.91. The Bertz CT molecular complexity index is 709. The number of benzene rings is 1. The molecule has 1 saturated heterocycles. The van der Waals surface area contributed by atoms with Gasteiger partial charge in [-0.3, -0.25) is 9.59 Å². The number of piperidine rings is 1. The van der Waals surface area contributed by atoms with Crippen molar-refractivity contribution in [2.75, 3.05) is 29.9 Å². The zero-order valence-corrected chi connectivity index (χ0v) is 17.4. The average molecular weight is 413 g/mol. The van der Waals surface area contributed by atoms with Gasteiger partial charge in [0.25, 0.3) is 0 Å². The van der Waals surface area contributed by atoms with E-state index in [1.54, 1.807) is 26.8 Å². The molecule has 0 bridgehead atoms. The molecule has 0 spiro atoms. The van der Waals surface area contributed by atoms with Crippen LogP contribution < -0.4 is 10.2 Å². The molecule has 2 rings (SSSR count). The molecule has 0 aliphatic carbocycles. The van der Waals surface area contributed by atoms with E-state index < -0.39 is 23.1 Å². The number of hydrogen-bond donors (Lipinski definition) is 3. The van der Waals surface area contributed by atoms with Crippen molar-refractivity contribution in [3.05, 3.63) is 23.2 Å². The van der Waals surface area contributed by atoms with Crippen LogP contribution in [0.4, 0.5) is 11.4 Å². The van der Waals surface area contributed by atoms with Gasteiger partial charge in [0.05, 0.1) is 29.2 Å². The number of carboxylic acids is 1. The molecule has 1 fully saturated rings. The molecule has 1 aromatic rings. The van der Waals surface area contributed by atoms with Crippen molar-refractivity contribution in [3.8, 4) is 0 Å². The third-order valence-electron chi connectivity index (χ3n) is 4.54. The van der Waals surface area contributed by atoms with Gasteiger partial charge in [-0.1, -0.05) is 11.6 Å². The number of hydrogen-bond acceptors (Lipinski definition) is 6. The van der Waals surface area contributed by atoms with Crippen LogP contribution in [0.25, 0.3) is 0 Å². The summed E-state index contributed by atoms with van der Waals surface area (Å²) in [7, 11) is 0. The smallest absolute Gasteiger partial charge is 0.309 e. The van der Waals surface area contributed by atoms with Gasteiger partial charge in [-0.2, -0.15) is 0 Å². The Morgan fingerprint density at radius 2 is 1.93 bits per heavy atom. The van der Waals surface area contributed by atoms with Crippen molar-refractivity contribution < 1.29 is 24.5 Å². The highest BCUT2D eigenvalue weighted by Gasteiger charge is 2.36. The van der Waals surface area contributed by atoms with Crippen molar-refractivity contribution in [1.29, 1.82) is 0 Å². The quantitative estimate of drug-likeness (QED) is 0.591. The van der Waals surface area contributed by atoms with E-state index in [1.165, 1.54) is 0 Å². The number of nitrogens with zero attached hydrogens (tertiary/aromatic N) is 1. The number of nitrogens with one attached hydrogen (secondary N) is 1. The Hall–Kier alpha value is -1.99. The van der Waals surface area contributed by atoms with Gasteiger partial charge in [0.15, 0.2) is 0 Å². The first-order valence-electron chi connectivity index (χ1n) is 9.42. The predicted molar refractivity (Wildman–Crippen MR) is 109 cm³/mol. The van der Waals surface area contributed by atoms with Crippen LogP contribution in [0, 0.1) is 0 Å². The molecule has 1 aliphatic rings. The van der Waals surface area contributed by atoms with Crippen LogP contribution in [-0.4, -0.2) is 53.0 Å². The Morgan fingerprint density at radius 3 is 2.46 bits per heavy atom. The van der Waals surface area contributed by atoms with Crippen LogP contribution in [0.1, 0.15) is 46.5 Å². The fourth-order valence-corrected chi connectivity index (χ4v) is 3.47. The summed E-state index contributed by atoms with van der Waals surface area (Å²) in [5.41, 5.74) is -0.0239. The Morgan fingerprint density at radius 1 is 1.29 bits per heavy atom. The zero-order chi connectivity index (χ0) is 20.9. The molecule has 1 heterocycles. The summed E-state index contributed by atoms with van der Waals surface area (Å²) in [6.07, 6.45) is 0.905. The summed E-state index contributed by atoms with van der Waals surface area (Å²) in [5, 5.41) is 23.0. The number of carbonyl (C=O) groups excluding carboxylic acids is 1. The summed E-state index contributed by atoms with van der Waals surface area (Å²) < 4.78 is 5.32. The predicted octanol–water partition coefficient (Wildman–Crippen LogP) is 3.29. The molecular weight excluding hydrogens is 384 g/mol. The van der Waals surface area contributed by atoms with Crippen molar-refractivity contribution in [2.24, 2.45) is 0 Å². The Labute approximate surface area is 170 Å². The fraction of sp³-hybridized carbons (Fsp3) is 0.600. The minimum atomic E-state index is -1.07. The minimum Gasteiger partial charge on any atom is -0.481 e. The summed E-state index contributed by atoms with van der Waals surface area (Å²) in [5.74, 6) is -1.25. The molecule has 0 amide bonds. The summed E-state index contributed by atoms with van der Waals surface area (Å²) in [4.78, 5) is 24.7. The van der Waals surface area contributed by atoms with Gasteiger partial charge >= 0.3 is 11.9 Å². The van der Waals surface area contributed by atoms with E-state index in [4.69, 9.17) is 21.4 Å². The number of esters is 1. The summed E-state index contributed by atoms with van der Waals surface area (Å²) >= 11 is 6.40. The molecular formula is C20H29ClN2O5. The van der Waals surface area contributed by atoms with E-state index in [2.05, 4.69) is 10.2 Å². The van der Waals surface area contributed by atoms with Gasteiger partial charge in [0.2, 0.25) is 0 Å². The molecule has 156 valence electrons. The van der Waals surface area contributed by atoms with Crippen LogP contribution in [0.15, 0.2) is 18.2 Å². The maximum atomic E-state index is 12.0. The lowest BCUT2D eigenvalue weighted by Crippen LogP contribution is -2.46. The molecule has 0 atom stereocenters. The first-order chi connectivity index (χ1) is 13.0. The summed E-state index contributed by atoms with van der Waals surface area (Å²) in [6.45, 7) is 6.89. The molecule has 0 unspecified atom stereocenters. The standard InChI is InChI=1S/C20H29ClN2O5/c1-19(2,3)28-18(26)13-20(27)7-10-23(11-8-20)16-5-4-14(12-15(16)21)22-9-6-17(24)25/h4-5,12,22,27H,6-11,13H2,1-3H3,(H,24,25). The first kappa shape index (κ1) is 22.3.